The van der Waals surface area contributed by atoms with Gasteiger partial charge in [-0.1, -0.05) is 23.4 Å². The molecule has 1 aliphatic heterocycles. The van der Waals surface area contributed by atoms with Crippen molar-refractivity contribution in [3.63, 3.8) is 0 Å². The molecule has 0 saturated carbocycles. The average molecular weight is 478 g/mol. The van der Waals surface area contributed by atoms with Gasteiger partial charge in [0.25, 0.3) is 11.6 Å². The number of nitro benzene ring substituents is 1. The Bertz CT molecular complexity index is 1170. The summed E-state index contributed by atoms with van der Waals surface area (Å²) in [5.74, 6) is 0.233. The summed E-state index contributed by atoms with van der Waals surface area (Å²) in [6, 6.07) is 3.87. The van der Waals surface area contributed by atoms with Gasteiger partial charge in [-0.15, -0.1) is 0 Å². The van der Waals surface area contributed by atoms with Crippen LogP contribution in [-0.4, -0.2) is 69.7 Å². The summed E-state index contributed by atoms with van der Waals surface area (Å²) in [5.41, 5.74) is 0.271. The van der Waals surface area contributed by atoms with Crippen LogP contribution < -0.4 is 10.2 Å². The van der Waals surface area contributed by atoms with Gasteiger partial charge in [0.2, 0.25) is 0 Å². The van der Waals surface area contributed by atoms with E-state index in [2.05, 4.69) is 25.3 Å². The van der Waals surface area contributed by atoms with E-state index in [-0.39, 0.29) is 22.8 Å². The summed E-state index contributed by atoms with van der Waals surface area (Å²) in [6.45, 7) is 3.27. The van der Waals surface area contributed by atoms with Crippen molar-refractivity contribution in [2.45, 2.75) is 11.7 Å². The number of nitro groups is 1. The number of hydrogen-bond donors (Lipinski definition) is 1. The second kappa shape index (κ2) is 9.67. The summed E-state index contributed by atoms with van der Waals surface area (Å²) < 4.78 is 7.12. The molecule has 0 spiro atoms. The zero-order valence-corrected chi connectivity index (χ0v) is 18.7. The number of ether oxygens (including phenoxy) is 1. The number of morpholine rings is 1. The number of carbonyl (C=O) groups is 1. The smallest absolute Gasteiger partial charge is 0.282 e. The summed E-state index contributed by atoms with van der Waals surface area (Å²) in [7, 11) is 0. The first-order chi connectivity index (χ1) is 15.5. The number of amides is 1. The van der Waals surface area contributed by atoms with Gasteiger partial charge in [0.15, 0.2) is 10.8 Å². The van der Waals surface area contributed by atoms with Gasteiger partial charge in [-0.05, 0) is 18.4 Å². The summed E-state index contributed by atoms with van der Waals surface area (Å²) in [6.07, 6.45) is 3.62. The minimum absolute atomic E-state index is 0.0885. The number of fused-ring (bicyclic) bond motifs is 1. The Morgan fingerprint density at radius 1 is 1.34 bits per heavy atom. The fraction of sp³-hybridized carbons (Fsp3) is 0.368. The van der Waals surface area contributed by atoms with Crippen LogP contribution in [0.2, 0.25) is 5.02 Å². The van der Waals surface area contributed by atoms with E-state index in [9.17, 15) is 14.9 Å². The van der Waals surface area contributed by atoms with E-state index in [4.69, 9.17) is 16.3 Å². The van der Waals surface area contributed by atoms with E-state index in [1.54, 1.807) is 10.9 Å². The third kappa shape index (κ3) is 4.61. The SMILES string of the molecule is CSc1nc(N2CCOCC2)c2cnn(CCNC(=O)c3cc(Cl)ccc3[N+](=O)[O-])c2n1. The molecule has 0 unspecified atom stereocenters. The highest BCUT2D eigenvalue weighted by atomic mass is 35.5. The van der Waals surface area contributed by atoms with E-state index in [0.29, 0.717) is 30.6 Å². The van der Waals surface area contributed by atoms with Crippen LogP contribution in [0, 0.1) is 10.1 Å². The molecule has 1 saturated heterocycles. The lowest BCUT2D eigenvalue weighted by atomic mass is 10.1. The highest BCUT2D eigenvalue weighted by Gasteiger charge is 2.22. The quantitative estimate of drug-likeness (QED) is 0.236. The highest BCUT2D eigenvalue weighted by molar-refractivity contribution is 7.98. The van der Waals surface area contributed by atoms with Gasteiger partial charge in [-0.3, -0.25) is 14.9 Å². The molecule has 1 aliphatic rings. The molecule has 168 valence electrons. The molecule has 0 aliphatic carbocycles. The van der Waals surface area contributed by atoms with E-state index < -0.39 is 10.8 Å². The van der Waals surface area contributed by atoms with Crippen molar-refractivity contribution in [2.24, 2.45) is 0 Å². The lowest BCUT2D eigenvalue weighted by Crippen LogP contribution is -2.37. The molecule has 4 rings (SSSR count). The number of halogens is 1. The predicted octanol–water partition coefficient (Wildman–Crippen LogP) is 2.38. The van der Waals surface area contributed by atoms with E-state index in [1.165, 1.54) is 30.0 Å². The molecule has 1 N–H and O–H groups in total. The highest BCUT2D eigenvalue weighted by Crippen LogP contribution is 2.27. The summed E-state index contributed by atoms with van der Waals surface area (Å²) in [5, 5.41) is 20.0. The van der Waals surface area contributed by atoms with Crippen LogP contribution in [-0.2, 0) is 11.3 Å². The second-order valence-corrected chi connectivity index (χ2v) is 8.12. The molecular formula is C19H20ClN7O4S. The van der Waals surface area contributed by atoms with Gasteiger partial charge >= 0.3 is 0 Å². The third-order valence-electron chi connectivity index (χ3n) is 4.96. The fourth-order valence-corrected chi connectivity index (χ4v) is 3.94. The number of anilines is 1. The number of rotatable bonds is 7. The third-order valence-corrected chi connectivity index (χ3v) is 5.74. The number of carbonyl (C=O) groups excluding carboxylic acids is 1. The first-order valence-corrected chi connectivity index (χ1v) is 11.4. The van der Waals surface area contributed by atoms with Gasteiger partial charge < -0.3 is 15.0 Å². The van der Waals surface area contributed by atoms with Crippen molar-refractivity contribution in [2.75, 3.05) is 44.0 Å². The Kier molecular flexibility index (Phi) is 6.72. The average Bonchev–Trinajstić information content (AvgIpc) is 3.21. The molecule has 13 heteroatoms. The van der Waals surface area contributed by atoms with Crippen LogP contribution >= 0.6 is 23.4 Å². The zero-order valence-electron chi connectivity index (χ0n) is 17.2. The molecule has 0 radical (unpaired) electrons. The first-order valence-electron chi connectivity index (χ1n) is 9.80. The lowest BCUT2D eigenvalue weighted by Gasteiger charge is -2.28. The Morgan fingerprint density at radius 3 is 2.84 bits per heavy atom. The van der Waals surface area contributed by atoms with Crippen molar-refractivity contribution in [3.05, 3.63) is 45.1 Å². The number of thioether (sulfide) groups is 1. The molecule has 1 amide bonds. The molecule has 0 atom stereocenters. The molecule has 3 aromatic rings. The van der Waals surface area contributed by atoms with Crippen LogP contribution in [0.15, 0.2) is 29.6 Å². The normalized spacial score (nSPS) is 14.0. The van der Waals surface area contributed by atoms with Crippen molar-refractivity contribution in [1.29, 1.82) is 0 Å². The fourth-order valence-electron chi connectivity index (χ4n) is 3.41. The van der Waals surface area contributed by atoms with Crippen molar-refractivity contribution in [3.8, 4) is 0 Å². The van der Waals surface area contributed by atoms with Gasteiger partial charge in [-0.2, -0.15) is 5.10 Å². The number of nitrogens with zero attached hydrogens (tertiary/aromatic N) is 6. The molecule has 11 nitrogen and oxygen atoms in total. The number of benzene rings is 1. The van der Waals surface area contributed by atoms with Crippen LogP contribution in [0.25, 0.3) is 11.0 Å². The van der Waals surface area contributed by atoms with Crippen LogP contribution in [0.1, 0.15) is 10.4 Å². The monoisotopic (exact) mass is 477 g/mol. The topological polar surface area (TPSA) is 128 Å². The predicted molar refractivity (Wildman–Crippen MR) is 121 cm³/mol. The summed E-state index contributed by atoms with van der Waals surface area (Å²) >= 11 is 7.35. The Balaban J connectivity index is 1.52. The van der Waals surface area contributed by atoms with Crippen LogP contribution in [0.4, 0.5) is 11.5 Å². The molecule has 32 heavy (non-hydrogen) atoms. The lowest BCUT2D eigenvalue weighted by molar-refractivity contribution is -0.385. The summed E-state index contributed by atoms with van der Waals surface area (Å²) in [4.78, 5) is 34.5. The van der Waals surface area contributed by atoms with Crippen molar-refractivity contribution in [1.82, 2.24) is 25.1 Å². The first kappa shape index (κ1) is 22.2. The Morgan fingerprint density at radius 2 is 2.12 bits per heavy atom. The minimum Gasteiger partial charge on any atom is -0.378 e. The standard InChI is InChI=1S/C19H20ClN7O4S/c1-32-19-23-16(25-6-8-31-9-7-25)14-11-22-26(17(14)24-19)5-4-21-18(28)13-10-12(20)2-3-15(13)27(29)30/h2-3,10-11H,4-9H2,1H3,(H,21,28). The molecule has 1 fully saturated rings. The van der Waals surface area contributed by atoms with Gasteiger partial charge in [0.1, 0.15) is 11.4 Å². The van der Waals surface area contributed by atoms with Crippen molar-refractivity contribution < 1.29 is 14.5 Å². The zero-order chi connectivity index (χ0) is 22.7. The van der Waals surface area contributed by atoms with Crippen molar-refractivity contribution >= 4 is 51.8 Å². The Labute approximate surface area is 192 Å². The second-order valence-electron chi connectivity index (χ2n) is 6.91. The molecule has 0 bridgehead atoms. The van der Waals surface area contributed by atoms with Gasteiger partial charge in [0.05, 0.1) is 36.3 Å². The molecule has 3 heterocycles. The maximum atomic E-state index is 12.5. The Hall–Kier alpha value is -2.96. The van der Waals surface area contributed by atoms with Gasteiger partial charge in [-0.25, -0.2) is 14.6 Å². The van der Waals surface area contributed by atoms with E-state index >= 15 is 0 Å². The van der Waals surface area contributed by atoms with Crippen LogP contribution in [0.5, 0.6) is 0 Å². The molecule has 2 aromatic heterocycles. The molecular weight excluding hydrogens is 458 g/mol. The molecule has 1 aromatic carbocycles. The largest absolute Gasteiger partial charge is 0.378 e. The number of aromatic nitrogens is 4. The van der Waals surface area contributed by atoms with Gasteiger partial charge in [0, 0.05) is 30.7 Å². The number of hydrogen-bond acceptors (Lipinski definition) is 9. The van der Waals surface area contributed by atoms with E-state index in [1.807, 2.05) is 6.26 Å². The minimum atomic E-state index is -0.611. The maximum Gasteiger partial charge on any atom is 0.282 e. The van der Waals surface area contributed by atoms with E-state index in [0.717, 1.165) is 24.3 Å². The van der Waals surface area contributed by atoms with Crippen LogP contribution in [0.3, 0.4) is 0 Å². The number of nitrogens with one attached hydrogen (secondary N) is 1. The maximum absolute atomic E-state index is 12.5.